The molecule has 8 heteroatoms. The summed E-state index contributed by atoms with van der Waals surface area (Å²) in [7, 11) is 5.88. The van der Waals surface area contributed by atoms with Crippen LogP contribution in [0.3, 0.4) is 0 Å². The number of rotatable bonds is 11. The maximum absolute atomic E-state index is 11.6. The number of allylic oxidation sites excluding steroid dienone is 4. The number of nitrogens with zero attached hydrogens (tertiary/aromatic N) is 3. The molecule has 0 bridgehead atoms. The van der Waals surface area contributed by atoms with Crippen molar-refractivity contribution >= 4 is 34.8 Å². The molecule has 1 aliphatic rings. The molecular formula is C33H59N5O2S. The number of amidine groups is 1. The van der Waals surface area contributed by atoms with Crippen LogP contribution in [0.15, 0.2) is 66.8 Å². The zero-order valence-electron chi connectivity index (χ0n) is 27.4. The maximum Gasteiger partial charge on any atom is 0.142 e. The molecule has 0 aliphatic carbocycles. The number of carbonyl (C=O) groups excluding carboxylic acids is 1. The predicted octanol–water partition coefficient (Wildman–Crippen LogP) is 7.13. The molecule has 1 saturated heterocycles. The van der Waals surface area contributed by atoms with Gasteiger partial charge in [-0.05, 0) is 70.8 Å². The van der Waals surface area contributed by atoms with E-state index in [1.54, 1.807) is 18.7 Å². The average Bonchev–Trinajstić information content (AvgIpc) is 3.32. The van der Waals surface area contributed by atoms with Crippen molar-refractivity contribution in [2.75, 3.05) is 63.1 Å². The zero-order chi connectivity index (χ0) is 31.5. The fourth-order valence-electron chi connectivity index (χ4n) is 3.24. The highest BCUT2D eigenvalue weighted by molar-refractivity contribution is 8.00. The monoisotopic (exact) mass is 589 g/mol. The topological polar surface area (TPSA) is 69.2 Å². The van der Waals surface area contributed by atoms with Crippen LogP contribution in [-0.2, 0) is 9.53 Å². The number of Topliss-reactive ketones (excluding diaryl/α,β-unsaturated/α-hetero) is 1. The van der Waals surface area contributed by atoms with Crippen LogP contribution in [0.25, 0.3) is 0 Å². The quantitative estimate of drug-likeness (QED) is 0.0710. The number of nitrogens with one attached hydrogen (secondary N) is 2. The summed E-state index contributed by atoms with van der Waals surface area (Å²) < 4.78 is 5.13. The second kappa shape index (κ2) is 27.6. The summed E-state index contributed by atoms with van der Waals surface area (Å²) in [6.45, 7) is 22.1. The van der Waals surface area contributed by atoms with E-state index in [9.17, 15) is 4.79 Å². The van der Waals surface area contributed by atoms with Gasteiger partial charge in [-0.15, -0.1) is 24.9 Å². The largest absolute Gasteiger partial charge is 0.380 e. The lowest BCUT2D eigenvalue weighted by atomic mass is 10.1. The van der Waals surface area contributed by atoms with Crippen molar-refractivity contribution in [3.8, 4) is 0 Å². The fraction of sp³-hybridized carbons (Fsp3) is 0.576. The van der Waals surface area contributed by atoms with Crippen molar-refractivity contribution in [2.24, 2.45) is 11.0 Å². The van der Waals surface area contributed by atoms with Gasteiger partial charge in [-0.3, -0.25) is 4.79 Å². The van der Waals surface area contributed by atoms with Gasteiger partial charge in [-0.25, -0.2) is 0 Å². The normalized spacial score (nSPS) is 14.7. The summed E-state index contributed by atoms with van der Waals surface area (Å²) in [5, 5.41) is 7.73. The first-order valence-corrected chi connectivity index (χ1v) is 15.8. The van der Waals surface area contributed by atoms with Crippen LogP contribution in [-0.4, -0.2) is 70.2 Å². The maximum atomic E-state index is 11.6. The lowest BCUT2D eigenvalue weighted by Gasteiger charge is -2.30. The van der Waals surface area contributed by atoms with Gasteiger partial charge in [0.15, 0.2) is 0 Å². The first-order valence-electron chi connectivity index (χ1n) is 14.7. The number of thioether (sulfide) groups is 1. The number of ether oxygens (including phenoxy) is 1. The summed E-state index contributed by atoms with van der Waals surface area (Å²) in [6, 6.07) is 8.44. The Hall–Kier alpha value is -2.55. The Balaban J connectivity index is 0. The minimum absolute atomic E-state index is 0.0312. The molecule has 1 aromatic rings. The molecule has 1 aromatic carbocycles. The van der Waals surface area contributed by atoms with Crippen LogP contribution in [0, 0.1) is 5.92 Å². The van der Waals surface area contributed by atoms with E-state index >= 15 is 0 Å². The van der Waals surface area contributed by atoms with Crippen LogP contribution >= 0.6 is 11.8 Å². The Morgan fingerprint density at radius 1 is 1.12 bits per heavy atom. The van der Waals surface area contributed by atoms with Crippen LogP contribution in [0.2, 0.25) is 0 Å². The summed E-state index contributed by atoms with van der Waals surface area (Å²) in [4.78, 5) is 15.9. The van der Waals surface area contributed by atoms with Gasteiger partial charge in [-0.1, -0.05) is 45.1 Å². The molecule has 2 unspecified atom stereocenters. The number of hydrogen-bond donors (Lipinski definition) is 2. The molecule has 0 aromatic heterocycles. The van der Waals surface area contributed by atoms with Crippen molar-refractivity contribution in [3.63, 3.8) is 0 Å². The number of hydrazone groups is 1. The van der Waals surface area contributed by atoms with E-state index in [0.29, 0.717) is 11.8 Å². The molecule has 7 nitrogen and oxygen atoms in total. The van der Waals surface area contributed by atoms with E-state index in [4.69, 9.17) is 4.74 Å². The molecule has 41 heavy (non-hydrogen) atoms. The number of anilines is 2. The Kier molecular flexibility index (Phi) is 27.3. The average molecular weight is 590 g/mol. The zero-order valence-corrected chi connectivity index (χ0v) is 28.2. The van der Waals surface area contributed by atoms with Crippen LogP contribution in [0.4, 0.5) is 11.4 Å². The highest BCUT2D eigenvalue weighted by Gasteiger charge is 2.21. The van der Waals surface area contributed by atoms with Crippen molar-refractivity contribution < 1.29 is 9.53 Å². The molecule has 2 rings (SSSR count). The third-order valence-electron chi connectivity index (χ3n) is 6.00. The molecule has 0 saturated carbocycles. The van der Waals surface area contributed by atoms with Gasteiger partial charge in [0.1, 0.15) is 11.6 Å². The Bertz CT molecular complexity index is 836. The smallest absolute Gasteiger partial charge is 0.142 e. The molecule has 1 aliphatic heterocycles. The standard InChI is InChI=1S/C19H32N4OS.C7H12.C5H11NO.C2H4/c1-8-14(2)19(21-20-5)23(13-25-16(4)15(3)24)18-11-9-17(10-12-18)22(6)7;1-3-5-7-6-4-2;1-2-6-3-5-7-4-1;1-2/h9-12,14,16,20H,8,13H2,1-7H3;3,5-7H,4H2,1-2H3;6H,1-5H2;1-2H2/b21-19-;5-3-,7-6-;;. The lowest BCUT2D eigenvalue weighted by Crippen LogP contribution is -2.37. The highest BCUT2D eigenvalue weighted by Crippen LogP contribution is 2.26. The van der Waals surface area contributed by atoms with Gasteiger partial charge in [0, 0.05) is 51.6 Å². The van der Waals surface area contributed by atoms with E-state index in [1.807, 2.05) is 47.1 Å². The third-order valence-corrected chi connectivity index (χ3v) is 7.24. The minimum Gasteiger partial charge on any atom is -0.380 e. The van der Waals surface area contributed by atoms with Gasteiger partial charge in [-0.2, -0.15) is 5.10 Å². The van der Waals surface area contributed by atoms with Crippen LogP contribution in [0.5, 0.6) is 0 Å². The van der Waals surface area contributed by atoms with Crippen LogP contribution < -0.4 is 20.5 Å². The first-order chi connectivity index (χ1) is 19.7. The molecular weight excluding hydrogens is 530 g/mol. The van der Waals surface area contributed by atoms with E-state index < -0.39 is 0 Å². The summed E-state index contributed by atoms with van der Waals surface area (Å²) in [5.74, 6) is 2.19. The summed E-state index contributed by atoms with van der Waals surface area (Å²) >= 11 is 1.64. The second-order valence-corrected chi connectivity index (χ2v) is 10.8. The van der Waals surface area contributed by atoms with Gasteiger partial charge >= 0.3 is 0 Å². The van der Waals surface area contributed by atoms with Gasteiger partial charge < -0.3 is 25.3 Å². The predicted molar refractivity (Wildman–Crippen MR) is 186 cm³/mol. The van der Waals surface area contributed by atoms with Crippen molar-refractivity contribution in [2.45, 2.75) is 66.1 Å². The molecule has 234 valence electrons. The Labute approximate surface area is 256 Å². The Morgan fingerprint density at radius 2 is 1.76 bits per heavy atom. The molecule has 2 atom stereocenters. The second-order valence-electron chi connectivity index (χ2n) is 9.47. The molecule has 1 heterocycles. The lowest BCUT2D eigenvalue weighted by molar-refractivity contribution is -0.116. The van der Waals surface area contributed by atoms with E-state index in [-0.39, 0.29) is 11.0 Å². The van der Waals surface area contributed by atoms with Crippen LogP contribution in [0.1, 0.15) is 60.8 Å². The molecule has 0 radical (unpaired) electrons. The number of benzene rings is 1. The number of carbonyl (C=O) groups is 1. The Morgan fingerprint density at radius 3 is 2.27 bits per heavy atom. The van der Waals surface area contributed by atoms with E-state index in [0.717, 1.165) is 56.4 Å². The molecule has 0 spiro atoms. The van der Waals surface area contributed by atoms with E-state index in [2.05, 4.69) is 96.0 Å². The fourth-order valence-corrected chi connectivity index (χ4v) is 4.13. The van der Waals surface area contributed by atoms with Crippen molar-refractivity contribution in [1.29, 1.82) is 0 Å². The highest BCUT2D eigenvalue weighted by atomic mass is 32.2. The number of hydrogen-bond acceptors (Lipinski definition) is 7. The molecule has 1 fully saturated rings. The molecule has 2 N–H and O–H groups in total. The third kappa shape index (κ3) is 20.0. The first kappa shape index (κ1) is 40.6. The van der Waals surface area contributed by atoms with Gasteiger partial charge in [0.05, 0.1) is 17.7 Å². The molecule has 0 amide bonds. The van der Waals surface area contributed by atoms with Crippen molar-refractivity contribution in [3.05, 3.63) is 61.7 Å². The summed E-state index contributed by atoms with van der Waals surface area (Å²) in [5.41, 5.74) is 5.18. The summed E-state index contributed by atoms with van der Waals surface area (Å²) in [6.07, 6.45) is 11.5. The van der Waals surface area contributed by atoms with Gasteiger partial charge in [0.2, 0.25) is 0 Å². The SMILES string of the molecule is C/C=C\C=C/CC.C1CNCCOC1.C=C.CCC(C)/C(=N/NC)N(CSC(C)C(C)=O)c1ccc(N(C)C)cc1. The number of ketones is 1. The van der Waals surface area contributed by atoms with Crippen molar-refractivity contribution in [1.82, 2.24) is 10.7 Å². The van der Waals surface area contributed by atoms with E-state index in [1.165, 1.54) is 6.42 Å². The van der Waals surface area contributed by atoms with Gasteiger partial charge in [0.25, 0.3) is 0 Å². The minimum atomic E-state index is -0.0312.